The van der Waals surface area contributed by atoms with Gasteiger partial charge in [-0.15, -0.1) is 11.6 Å². The topological polar surface area (TPSA) is 76.4 Å². The van der Waals surface area contributed by atoms with Crippen molar-refractivity contribution in [3.8, 4) is 23.3 Å². The van der Waals surface area contributed by atoms with Crippen LogP contribution in [0.3, 0.4) is 0 Å². The number of anilines is 2. The molecule has 30 heavy (non-hydrogen) atoms. The Morgan fingerprint density at radius 2 is 1.80 bits per heavy atom. The number of nitrogens with zero attached hydrogens (tertiary/aromatic N) is 2. The second-order valence-electron chi connectivity index (χ2n) is 6.16. The Kier molecular flexibility index (Phi) is 7.33. The van der Waals surface area contributed by atoms with E-state index in [-0.39, 0.29) is 0 Å². The van der Waals surface area contributed by atoms with Crippen molar-refractivity contribution < 1.29 is 14.2 Å². The van der Waals surface area contributed by atoms with E-state index in [1.54, 1.807) is 31.4 Å². The number of hydrogen-bond acceptors (Lipinski definition) is 6. The number of fused-ring (bicyclic) bond motifs is 1. The van der Waals surface area contributed by atoms with Crippen LogP contribution in [0.1, 0.15) is 12.0 Å². The summed E-state index contributed by atoms with van der Waals surface area (Å²) in [5, 5.41) is 14.3. The number of hydrogen-bond donors (Lipinski definition) is 1. The van der Waals surface area contributed by atoms with E-state index in [0.717, 1.165) is 0 Å². The Labute approximate surface area is 189 Å². The van der Waals surface area contributed by atoms with Gasteiger partial charge in [-0.3, -0.25) is 4.98 Å². The monoisotopic (exact) mass is 465 g/mol. The number of aromatic nitrogens is 1. The molecule has 0 saturated heterocycles. The second kappa shape index (κ2) is 9.94. The lowest BCUT2D eigenvalue weighted by Crippen LogP contribution is -2.02. The van der Waals surface area contributed by atoms with Crippen LogP contribution in [0.5, 0.6) is 17.2 Å². The third-order valence-electron chi connectivity index (χ3n) is 4.31. The van der Waals surface area contributed by atoms with Crippen LogP contribution in [-0.2, 0) is 0 Å². The summed E-state index contributed by atoms with van der Waals surface area (Å²) in [7, 11) is 3.07. The van der Waals surface area contributed by atoms with Crippen molar-refractivity contribution in [2.24, 2.45) is 0 Å². The normalized spacial score (nSPS) is 10.5. The first-order chi connectivity index (χ1) is 14.5. The predicted molar refractivity (Wildman–Crippen MR) is 120 cm³/mol. The molecule has 0 spiro atoms. The zero-order valence-electron chi connectivity index (χ0n) is 16.3. The summed E-state index contributed by atoms with van der Waals surface area (Å²) in [4.78, 5) is 4.37. The van der Waals surface area contributed by atoms with Crippen molar-refractivity contribution in [2.75, 3.05) is 32.0 Å². The molecule has 0 radical (unpaired) electrons. The van der Waals surface area contributed by atoms with Gasteiger partial charge in [0, 0.05) is 29.6 Å². The third-order valence-corrected chi connectivity index (χ3v) is 5.19. The van der Waals surface area contributed by atoms with E-state index in [2.05, 4.69) is 16.4 Å². The highest BCUT2D eigenvalue weighted by Gasteiger charge is 2.16. The Bertz CT molecular complexity index is 1120. The van der Waals surface area contributed by atoms with Gasteiger partial charge in [0.2, 0.25) is 0 Å². The van der Waals surface area contributed by atoms with Crippen LogP contribution in [0.25, 0.3) is 10.9 Å². The van der Waals surface area contributed by atoms with Crippen LogP contribution in [-0.4, -0.2) is 31.7 Å². The van der Waals surface area contributed by atoms with Crippen LogP contribution in [0.15, 0.2) is 30.5 Å². The first-order valence-electron chi connectivity index (χ1n) is 8.92. The largest absolute Gasteiger partial charge is 0.495 e. The fraction of sp³-hybridized carbons (Fsp3) is 0.238. The van der Waals surface area contributed by atoms with Crippen LogP contribution >= 0.6 is 34.8 Å². The molecule has 6 nitrogen and oxygen atoms in total. The molecule has 0 unspecified atom stereocenters. The van der Waals surface area contributed by atoms with E-state index in [1.807, 2.05) is 0 Å². The summed E-state index contributed by atoms with van der Waals surface area (Å²) >= 11 is 18.2. The van der Waals surface area contributed by atoms with Crippen molar-refractivity contribution >= 4 is 57.1 Å². The van der Waals surface area contributed by atoms with Crippen LogP contribution < -0.4 is 19.5 Å². The molecule has 0 saturated carbocycles. The molecule has 0 bridgehead atoms. The van der Waals surface area contributed by atoms with Crippen molar-refractivity contribution in [1.29, 1.82) is 5.26 Å². The maximum absolute atomic E-state index is 9.63. The standard InChI is InChI=1S/C21H18Cl3N3O3/c1-28-18-9-17(14(23)7-15(18)24)27-21-12(10-25)11-26-16-8-19(29-2)20(6-13(16)21)30-5-3-4-22/h6-9,11H,3-5H2,1-2H3,(H,26,27). The van der Waals surface area contributed by atoms with E-state index in [9.17, 15) is 5.26 Å². The molecule has 0 aliphatic carbocycles. The highest BCUT2D eigenvalue weighted by molar-refractivity contribution is 6.37. The Hall–Kier alpha value is -2.59. The number of pyridine rings is 1. The summed E-state index contributed by atoms with van der Waals surface area (Å²) < 4.78 is 16.5. The van der Waals surface area contributed by atoms with E-state index in [1.165, 1.54) is 13.3 Å². The summed E-state index contributed by atoms with van der Waals surface area (Å²) in [6, 6.07) is 8.92. The van der Waals surface area contributed by atoms with Crippen LogP contribution in [0.2, 0.25) is 10.0 Å². The minimum Gasteiger partial charge on any atom is -0.495 e. The fourth-order valence-corrected chi connectivity index (χ4v) is 3.46. The lowest BCUT2D eigenvalue weighted by Gasteiger charge is -2.16. The Morgan fingerprint density at radius 3 is 2.47 bits per heavy atom. The molecule has 0 fully saturated rings. The number of nitrogens with one attached hydrogen (secondary N) is 1. The first kappa shape index (κ1) is 22.1. The van der Waals surface area contributed by atoms with Gasteiger partial charge in [0.05, 0.1) is 53.3 Å². The summed E-state index contributed by atoms with van der Waals surface area (Å²) in [5.74, 6) is 1.99. The van der Waals surface area contributed by atoms with Crippen molar-refractivity contribution in [1.82, 2.24) is 4.98 Å². The molecule has 3 rings (SSSR count). The number of benzene rings is 2. The molecule has 0 atom stereocenters. The molecule has 1 aromatic heterocycles. The zero-order chi connectivity index (χ0) is 21.7. The maximum atomic E-state index is 9.63. The molecule has 9 heteroatoms. The number of ether oxygens (including phenoxy) is 3. The zero-order valence-corrected chi connectivity index (χ0v) is 18.5. The summed E-state index contributed by atoms with van der Waals surface area (Å²) in [5.41, 5.74) is 2.01. The van der Waals surface area contributed by atoms with Gasteiger partial charge in [0.1, 0.15) is 11.8 Å². The van der Waals surface area contributed by atoms with Crippen molar-refractivity contribution in [3.63, 3.8) is 0 Å². The highest BCUT2D eigenvalue weighted by Crippen LogP contribution is 2.40. The lowest BCUT2D eigenvalue weighted by molar-refractivity contribution is 0.295. The highest BCUT2D eigenvalue weighted by atomic mass is 35.5. The van der Waals surface area contributed by atoms with Gasteiger partial charge in [-0.05, 0) is 18.6 Å². The number of nitriles is 1. The maximum Gasteiger partial charge on any atom is 0.162 e. The van der Waals surface area contributed by atoms with E-state index in [4.69, 9.17) is 49.0 Å². The van der Waals surface area contributed by atoms with Gasteiger partial charge in [-0.1, -0.05) is 23.2 Å². The number of halogens is 3. The van der Waals surface area contributed by atoms with Gasteiger partial charge in [-0.25, -0.2) is 0 Å². The van der Waals surface area contributed by atoms with Gasteiger partial charge in [-0.2, -0.15) is 5.26 Å². The summed E-state index contributed by atoms with van der Waals surface area (Å²) in [6.45, 7) is 0.430. The second-order valence-corrected chi connectivity index (χ2v) is 7.35. The van der Waals surface area contributed by atoms with Gasteiger partial charge in [0.15, 0.2) is 11.5 Å². The molecule has 1 N–H and O–H groups in total. The lowest BCUT2D eigenvalue weighted by atomic mass is 10.1. The van der Waals surface area contributed by atoms with Crippen LogP contribution in [0.4, 0.5) is 11.4 Å². The minimum atomic E-state index is 0.337. The van der Waals surface area contributed by atoms with Crippen molar-refractivity contribution in [2.45, 2.75) is 6.42 Å². The SMILES string of the molecule is COc1cc(Nc2c(C#N)cnc3cc(OC)c(OCCCCl)cc23)c(Cl)cc1Cl. The molecular formula is C21H18Cl3N3O3. The molecule has 0 aliphatic heterocycles. The smallest absolute Gasteiger partial charge is 0.162 e. The Balaban J connectivity index is 2.15. The summed E-state index contributed by atoms with van der Waals surface area (Å²) in [6.07, 6.45) is 2.17. The molecule has 3 aromatic rings. The molecule has 2 aromatic carbocycles. The molecular weight excluding hydrogens is 449 g/mol. The van der Waals surface area contributed by atoms with Gasteiger partial charge in [0.25, 0.3) is 0 Å². The van der Waals surface area contributed by atoms with E-state index < -0.39 is 0 Å². The van der Waals surface area contributed by atoms with E-state index in [0.29, 0.717) is 74.0 Å². The first-order valence-corrected chi connectivity index (χ1v) is 10.2. The molecule has 156 valence electrons. The number of rotatable bonds is 8. The van der Waals surface area contributed by atoms with Gasteiger partial charge >= 0.3 is 0 Å². The van der Waals surface area contributed by atoms with Crippen molar-refractivity contribution in [3.05, 3.63) is 46.1 Å². The minimum absolute atomic E-state index is 0.337. The predicted octanol–water partition coefficient (Wildman–Crippen LogP) is 6.18. The van der Waals surface area contributed by atoms with E-state index >= 15 is 0 Å². The van der Waals surface area contributed by atoms with Gasteiger partial charge < -0.3 is 19.5 Å². The fourth-order valence-electron chi connectivity index (χ4n) is 2.84. The Morgan fingerprint density at radius 1 is 1.03 bits per heavy atom. The number of methoxy groups -OCH3 is 2. The number of alkyl halides is 1. The average Bonchev–Trinajstić information content (AvgIpc) is 2.75. The molecule has 0 amide bonds. The third kappa shape index (κ3) is 4.59. The quantitative estimate of drug-likeness (QED) is 0.315. The molecule has 0 aliphatic rings. The average molecular weight is 467 g/mol. The van der Waals surface area contributed by atoms with Crippen LogP contribution in [0, 0.1) is 11.3 Å². The molecule has 1 heterocycles.